The van der Waals surface area contributed by atoms with Crippen LogP contribution in [0, 0.1) is 11.7 Å². The molecule has 7 nitrogen and oxygen atoms in total. The van der Waals surface area contributed by atoms with Gasteiger partial charge in [-0.25, -0.2) is 14.4 Å². The van der Waals surface area contributed by atoms with Crippen molar-refractivity contribution in [1.29, 1.82) is 0 Å². The fourth-order valence-electron chi connectivity index (χ4n) is 4.43. The van der Waals surface area contributed by atoms with Crippen molar-refractivity contribution in [1.82, 2.24) is 19.9 Å². The van der Waals surface area contributed by atoms with Crippen molar-refractivity contribution in [2.45, 2.75) is 25.8 Å². The zero-order valence-electron chi connectivity index (χ0n) is 18.2. The third kappa shape index (κ3) is 4.28. The first-order chi connectivity index (χ1) is 16.1. The van der Waals surface area contributed by atoms with E-state index in [9.17, 15) is 9.18 Å². The molecule has 2 atom stereocenters. The number of para-hydroxylation sites is 2. The number of aromatic nitrogens is 3. The lowest BCUT2D eigenvalue weighted by atomic mass is 9.89. The summed E-state index contributed by atoms with van der Waals surface area (Å²) in [5.74, 6) is -0.0475. The highest BCUT2D eigenvalue weighted by Gasteiger charge is 2.34. The molecular weight excluding hydrogens is 421 g/mol. The molecular formula is C25H24FN5O2. The van der Waals surface area contributed by atoms with Crippen LogP contribution in [0.3, 0.4) is 0 Å². The summed E-state index contributed by atoms with van der Waals surface area (Å²) in [5, 5.41) is 3.26. The first-order valence-electron chi connectivity index (χ1n) is 11.1. The molecule has 5 rings (SSSR count). The quantitative estimate of drug-likeness (QED) is 0.476. The maximum Gasteiger partial charge on any atom is 0.295 e. The summed E-state index contributed by atoms with van der Waals surface area (Å²) in [6.07, 6.45) is 5.10. The normalized spacial score (nSPS) is 18.4. The highest BCUT2D eigenvalue weighted by atomic mass is 19.1. The molecule has 168 valence electrons. The minimum atomic E-state index is -0.468. The second kappa shape index (κ2) is 8.97. The number of benzene rings is 2. The fraction of sp³-hybridized carbons (Fsp3) is 0.280. The predicted molar refractivity (Wildman–Crippen MR) is 123 cm³/mol. The van der Waals surface area contributed by atoms with Crippen molar-refractivity contribution < 1.29 is 13.6 Å². The third-order valence-corrected chi connectivity index (χ3v) is 6.15. The number of piperidine rings is 1. The van der Waals surface area contributed by atoms with Crippen LogP contribution in [0.15, 0.2) is 65.3 Å². The van der Waals surface area contributed by atoms with Gasteiger partial charge < -0.3 is 14.6 Å². The molecule has 4 aromatic rings. The average molecular weight is 445 g/mol. The number of carbonyl (C=O) groups is 1. The summed E-state index contributed by atoms with van der Waals surface area (Å²) >= 11 is 0. The maximum atomic E-state index is 14.2. The molecule has 0 aliphatic carbocycles. The summed E-state index contributed by atoms with van der Waals surface area (Å²) in [6.45, 7) is 3.20. The molecule has 2 aromatic carbocycles. The van der Waals surface area contributed by atoms with E-state index in [0.717, 1.165) is 18.4 Å². The van der Waals surface area contributed by atoms with E-state index >= 15 is 0 Å². The summed E-state index contributed by atoms with van der Waals surface area (Å²) in [4.78, 5) is 28.5. The van der Waals surface area contributed by atoms with E-state index in [4.69, 9.17) is 4.42 Å². The van der Waals surface area contributed by atoms with E-state index in [1.54, 1.807) is 24.5 Å². The number of hydrogen-bond donors (Lipinski definition) is 1. The number of oxazole rings is 1. The zero-order chi connectivity index (χ0) is 22.8. The molecule has 1 fully saturated rings. The van der Waals surface area contributed by atoms with E-state index in [0.29, 0.717) is 36.1 Å². The zero-order valence-corrected chi connectivity index (χ0v) is 18.2. The Balaban J connectivity index is 1.42. The van der Waals surface area contributed by atoms with E-state index < -0.39 is 5.82 Å². The van der Waals surface area contributed by atoms with Gasteiger partial charge in [0.25, 0.3) is 11.9 Å². The number of fused-ring (bicyclic) bond motifs is 1. The SMILES string of the molecule is CC1CCCN(C(=O)c2cc(F)ccc2-c2ncccn2)C1CNc1nc2ccccc2o1. The van der Waals surface area contributed by atoms with Gasteiger partial charge in [0, 0.05) is 31.0 Å². The molecule has 0 saturated carbocycles. The van der Waals surface area contributed by atoms with E-state index in [2.05, 4.69) is 27.2 Å². The van der Waals surface area contributed by atoms with Gasteiger partial charge in [0.15, 0.2) is 11.4 Å². The van der Waals surface area contributed by atoms with Crippen molar-refractivity contribution in [2.75, 3.05) is 18.4 Å². The number of nitrogens with zero attached hydrogens (tertiary/aromatic N) is 4. The standard InChI is InChI=1S/C25H24FN5O2/c1-16-6-4-13-31(21(16)15-29-25-30-20-7-2-3-8-22(20)33-25)24(32)19-14-17(26)9-10-18(19)23-27-11-5-12-28-23/h2-3,5,7-12,14,16,21H,4,6,13,15H2,1H3,(H,29,30). The van der Waals surface area contributed by atoms with Crippen LogP contribution in [0.2, 0.25) is 0 Å². The fourth-order valence-corrected chi connectivity index (χ4v) is 4.43. The van der Waals surface area contributed by atoms with Gasteiger partial charge in [-0.2, -0.15) is 4.98 Å². The molecule has 1 aliphatic heterocycles. The van der Waals surface area contributed by atoms with Crippen molar-refractivity contribution >= 4 is 23.0 Å². The molecule has 8 heteroatoms. The molecule has 1 amide bonds. The Morgan fingerprint density at radius 3 is 2.82 bits per heavy atom. The Labute approximate surface area is 190 Å². The van der Waals surface area contributed by atoms with Gasteiger partial charge >= 0.3 is 0 Å². The third-order valence-electron chi connectivity index (χ3n) is 6.15. The Morgan fingerprint density at radius 1 is 1.18 bits per heavy atom. The molecule has 0 bridgehead atoms. The van der Waals surface area contributed by atoms with Gasteiger partial charge in [-0.3, -0.25) is 4.79 Å². The Bertz CT molecular complexity index is 1240. The highest BCUT2D eigenvalue weighted by molar-refractivity contribution is 6.00. The molecule has 1 saturated heterocycles. The summed E-state index contributed by atoms with van der Waals surface area (Å²) < 4.78 is 20.0. The van der Waals surface area contributed by atoms with Gasteiger partial charge in [0.1, 0.15) is 11.3 Å². The van der Waals surface area contributed by atoms with Crippen LogP contribution in [0.1, 0.15) is 30.1 Å². The van der Waals surface area contributed by atoms with Crippen LogP contribution in [-0.2, 0) is 0 Å². The van der Waals surface area contributed by atoms with Crippen LogP contribution >= 0.6 is 0 Å². The molecule has 3 heterocycles. The second-order valence-corrected chi connectivity index (χ2v) is 8.32. The lowest BCUT2D eigenvalue weighted by Gasteiger charge is -2.40. The van der Waals surface area contributed by atoms with Crippen LogP contribution in [-0.4, -0.2) is 44.9 Å². The minimum Gasteiger partial charge on any atom is -0.424 e. The van der Waals surface area contributed by atoms with Crippen LogP contribution in [0.25, 0.3) is 22.5 Å². The average Bonchev–Trinajstić information content (AvgIpc) is 3.26. The smallest absolute Gasteiger partial charge is 0.295 e. The van der Waals surface area contributed by atoms with Gasteiger partial charge in [-0.15, -0.1) is 0 Å². The van der Waals surface area contributed by atoms with Gasteiger partial charge in [-0.1, -0.05) is 19.1 Å². The molecule has 1 N–H and O–H groups in total. The van der Waals surface area contributed by atoms with Crippen LogP contribution < -0.4 is 5.32 Å². The first kappa shape index (κ1) is 21.1. The minimum absolute atomic E-state index is 0.103. The lowest BCUT2D eigenvalue weighted by molar-refractivity contribution is 0.0539. The van der Waals surface area contributed by atoms with Gasteiger partial charge in [0.2, 0.25) is 0 Å². The first-order valence-corrected chi connectivity index (χ1v) is 11.1. The molecule has 2 unspecified atom stereocenters. The number of nitrogens with one attached hydrogen (secondary N) is 1. The second-order valence-electron chi connectivity index (χ2n) is 8.32. The number of rotatable bonds is 5. The summed E-state index contributed by atoms with van der Waals surface area (Å²) in [7, 11) is 0. The Hall–Kier alpha value is -3.81. The van der Waals surface area contributed by atoms with E-state index in [1.165, 1.54) is 12.1 Å². The number of halogens is 1. The van der Waals surface area contributed by atoms with Gasteiger partial charge in [-0.05, 0) is 55.2 Å². The van der Waals surface area contributed by atoms with Crippen molar-refractivity contribution in [3.8, 4) is 11.4 Å². The van der Waals surface area contributed by atoms with Crippen molar-refractivity contribution in [3.63, 3.8) is 0 Å². The number of hydrogen-bond acceptors (Lipinski definition) is 6. The van der Waals surface area contributed by atoms with Crippen molar-refractivity contribution in [2.24, 2.45) is 5.92 Å². The molecule has 0 spiro atoms. The number of amides is 1. The number of carbonyl (C=O) groups excluding carboxylic acids is 1. The molecule has 2 aromatic heterocycles. The Kier molecular flexibility index (Phi) is 5.73. The van der Waals surface area contributed by atoms with Gasteiger partial charge in [0.05, 0.1) is 11.6 Å². The lowest BCUT2D eigenvalue weighted by Crippen LogP contribution is -2.51. The topological polar surface area (TPSA) is 84.2 Å². The number of anilines is 1. The maximum absolute atomic E-state index is 14.2. The number of likely N-dealkylation sites (tertiary alicyclic amines) is 1. The Morgan fingerprint density at radius 2 is 2.00 bits per heavy atom. The molecule has 0 radical (unpaired) electrons. The van der Waals surface area contributed by atoms with Crippen LogP contribution in [0.4, 0.5) is 10.4 Å². The predicted octanol–water partition coefficient (Wildman–Crippen LogP) is 4.78. The molecule has 1 aliphatic rings. The van der Waals surface area contributed by atoms with Crippen LogP contribution in [0.5, 0.6) is 0 Å². The largest absolute Gasteiger partial charge is 0.424 e. The monoisotopic (exact) mass is 445 g/mol. The van der Waals surface area contributed by atoms with E-state index in [-0.39, 0.29) is 23.4 Å². The highest BCUT2D eigenvalue weighted by Crippen LogP contribution is 2.29. The van der Waals surface area contributed by atoms with E-state index in [1.807, 2.05) is 29.2 Å². The summed E-state index contributed by atoms with van der Waals surface area (Å²) in [6, 6.07) is 13.8. The van der Waals surface area contributed by atoms with Crippen molar-refractivity contribution in [3.05, 3.63) is 72.3 Å². The molecule has 33 heavy (non-hydrogen) atoms. The summed E-state index contributed by atoms with van der Waals surface area (Å²) in [5.41, 5.74) is 2.27.